The summed E-state index contributed by atoms with van der Waals surface area (Å²) < 4.78 is 11.0. The fraction of sp³-hybridized carbons (Fsp3) is 0.800. The molecule has 1 atom stereocenters. The molecule has 1 saturated heterocycles. The number of likely N-dealkylation sites (N-methyl/N-ethyl adjacent to an activating group) is 1. The van der Waals surface area contributed by atoms with Crippen LogP contribution in [0.1, 0.15) is 25.2 Å². The largest absolute Gasteiger partial charge is 0.407 e. The van der Waals surface area contributed by atoms with E-state index in [4.69, 9.17) is 20.8 Å². The Morgan fingerprint density at radius 3 is 2.94 bits per heavy atom. The lowest BCUT2D eigenvalue weighted by molar-refractivity contribution is 0.0211. The number of ether oxygens (including phenoxy) is 1. The summed E-state index contributed by atoms with van der Waals surface area (Å²) in [6.07, 6.45) is 3.76. The van der Waals surface area contributed by atoms with Crippen molar-refractivity contribution in [3.63, 3.8) is 0 Å². The molecule has 16 heavy (non-hydrogen) atoms. The Balaban J connectivity index is 1.88. The Morgan fingerprint density at radius 2 is 2.31 bits per heavy atom. The molecule has 90 valence electrons. The minimum absolute atomic E-state index is 0.251. The number of hydrogen-bond donors (Lipinski definition) is 0. The number of anilines is 1. The lowest BCUT2D eigenvalue weighted by Gasteiger charge is -2.26. The van der Waals surface area contributed by atoms with Crippen LogP contribution < -0.4 is 4.90 Å². The van der Waals surface area contributed by atoms with E-state index >= 15 is 0 Å². The van der Waals surface area contributed by atoms with Gasteiger partial charge in [-0.1, -0.05) is 5.10 Å². The number of hydrogen-bond acceptors (Lipinski definition) is 5. The van der Waals surface area contributed by atoms with Gasteiger partial charge in [-0.2, -0.15) is 0 Å². The molecule has 2 heterocycles. The SMILES string of the molecule is CN(CC1CCCCO1)c1nnc(CCl)o1. The van der Waals surface area contributed by atoms with Crippen LogP contribution in [-0.4, -0.2) is 36.5 Å². The molecule has 1 aliphatic heterocycles. The second kappa shape index (κ2) is 5.50. The number of rotatable bonds is 4. The Bertz CT molecular complexity index is 326. The van der Waals surface area contributed by atoms with Crippen molar-refractivity contribution in [2.45, 2.75) is 31.2 Å². The van der Waals surface area contributed by atoms with Gasteiger partial charge in [-0.15, -0.1) is 16.7 Å². The van der Waals surface area contributed by atoms with Gasteiger partial charge in [0.1, 0.15) is 5.88 Å². The van der Waals surface area contributed by atoms with Crippen LogP contribution in [0, 0.1) is 0 Å². The maximum absolute atomic E-state index is 5.65. The summed E-state index contributed by atoms with van der Waals surface area (Å²) in [5.74, 6) is 0.703. The van der Waals surface area contributed by atoms with Gasteiger partial charge in [0.05, 0.1) is 6.10 Å². The lowest BCUT2D eigenvalue weighted by atomic mass is 10.1. The van der Waals surface area contributed by atoms with E-state index in [1.165, 1.54) is 6.42 Å². The van der Waals surface area contributed by atoms with Crippen molar-refractivity contribution in [3.05, 3.63) is 5.89 Å². The number of halogens is 1. The average molecular weight is 246 g/mol. The van der Waals surface area contributed by atoms with Crippen LogP contribution in [0.3, 0.4) is 0 Å². The summed E-state index contributed by atoms with van der Waals surface area (Å²) in [5.41, 5.74) is 0. The van der Waals surface area contributed by atoms with Gasteiger partial charge in [0, 0.05) is 20.2 Å². The van der Waals surface area contributed by atoms with E-state index < -0.39 is 0 Å². The molecule has 0 bridgehead atoms. The molecule has 1 fully saturated rings. The Hall–Kier alpha value is -0.810. The number of alkyl halides is 1. The van der Waals surface area contributed by atoms with Crippen LogP contribution in [0.5, 0.6) is 0 Å². The Kier molecular flexibility index (Phi) is 4.01. The average Bonchev–Trinajstić information content (AvgIpc) is 2.79. The van der Waals surface area contributed by atoms with Crippen molar-refractivity contribution in [2.24, 2.45) is 0 Å². The standard InChI is InChI=1S/C10H16ClN3O2/c1-14(7-8-4-2-3-5-15-8)10-13-12-9(6-11)16-10/h8H,2-7H2,1H3. The first-order chi connectivity index (χ1) is 7.79. The van der Waals surface area contributed by atoms with E-state index in [0.717, 1.165) is 26.0 Å². The topological polar surface area (TPSA) is 51.4 Å². The van der Waals surface area contributed by atoms with E-state index in [0.29, 0.717) is 11.9 Å². The first-order valence-electron chi connectivity index (χ1n) is 5.50. The summed E-state index contributed by atoms with van der Waals surface area (Å²) in [6, 6.07) is 0.504. The highest BCUT2D eigenvalue weighted by Gasteiger charge is 2.18. The van der Waals surface area contributed by atoms with Gasteiger partial charge < -0.3 is 14.1 Å². The molecule has 0 radical (unpaired) electrons. The molecule has 5 nitrogen and oxygen atoms in total. The maximum atomic E-state index is 5.65. The van der Waals surface area contributed by atoms with Gasteiger partial charge in [-0.3, -0.25) is 0 Å². The van der Waals surface area contributed by atoms with E-state index in [1.54, 1.807) is 0 Å². The molecule has 2 rings (SSSR count). The fourth-order valence-electron chi connectivity index (χ4n) is 1.79. The third-order valence-corrected chi connectivity index (χ3v) is 2.88. The molecule has 0 amide bonds. The van der Waals surface area contributed by atoms with E-state index in [2.05, 4.69) is 10.2 Å². The quantitative estimate of drug-likeness (QED) is 0.758. The minimum atomic E-state index is 0.251. The van der Waals surface area contributed by atoms with Crippen LogP contribution >= 0.6 is 11.6 Å². The molecule has 1 aliphatic rings. The second-order valence-corrected chi connectivity index (χ2v) is 4.25. The van der Waals surface area contributed by atoms with Crippen molar-refractivity contribution in [2.75, 3.05) is 25.1 Å². The molecule has 1 aromatic heterocycles. The van der Waals surface area contributed by atoms with Crippen molar-refractivity contribution in [1.82, 2.24) is 10.2 Å². The van der Waals surface area contributed by atoms with Crippen molar-refractivity contribution in [1.29, 1.82) is 0 Å². The van der Waals surface area contributed by atoms with E-state index in [-0.39, 0.29) is 12.0 Å². The zero-order chi connectivity index (χ0) is 11.4. The van der Waals surface area contributed by atoms with Gasteiger partial charge in [0.25, 0.3) is 0 Å². The van der Waals surface area contributed by atoms with E-state index in [9.17, 15) is 0 Å². The summed E-state index contributed by atoms with van der Waals surface area (Å²) in [6.45, 7) is 1.64. The predicted molar refractivity (Wildman–Crippen MR) is 60.7 cm³/mol. The summed E-state index contributed by atoms with van der Waals surface area (Å²) in [5, 5.41) is 7.74. The summed E-state index contributed by atoms with van der Waals surface area (Å²) >= 11 is 5.60. The highest BCUT2D eigenvalue weighted by molar-refractivity contribution is 6.16. The van der Waals surface area contributed by atoms with Gasteiger partial charge in [-0.25, -0.2) is 0 Å². The number of aromatic nitrogens is 2. The smallest absolute Gasteiger partial charge is 0.318 e. The number of nitrogens with zero attached hydrogens (tertiary/aromatic N) is 3. The predicted octanol–water partition coefficient (Wildman–Crippen LogP) is 1.81. The second-order valence-electron chi connectivity index (χ2n) is 3.98. The molecule has 1 aromatic rings. The van der Waals surface area contributed by atoms with Crippen LogP contribution in [0.2, 0.25) is 0 Å². The molecule has 0 spiro atoms. The molecular formula is C10H16ClN3O2. The Labute approximate surface area is 99.7 Å². The first kappa shape index (κ1) is 11.7. The summed E-state index contributed by atoms with van der Waals surface area (Å²) in [4.78, 5) is 1.92. The van der Waals surface area contributed by atoms with Crippen LogP contribution in [0.4, 0.5) is 6.01 Å². The molecule has 6 heteroatoms. The summed E-state index contributed by atoms with van der Waals surface area (Å²) in [7, 11) is 1.92. The normalized spacial score (nSPS) is 21.0. The molecule has 1 unspecified atom stereocenters. The molecule has 0 N–H and O–H groups in total. The van der Waals surface area contributed by atoms with Gasteiger partial charge >= 0.3 is 6.01 Å². The van der Waals surface area contributed by atoms with Gasteiger partial charge in [0.15, 0.2) is 0 Å². The van der Waals surface area contributed by atoms with Gasteiger partial charge in [-0.05, 0) is 19.3 Å². The van der Waals surface area contributed by atoms with Crippen molar-refractivity contribution in [3.8, 4) is 0 Å². The lowest BCUT2D eigenvalue weighted by Crippen LogP contribution is -2.33. The molecule has 0 saturated carbocycles. The monoisotopic (exact) mass is 245 g/mol. The first-order valence-corrected chi connectivity index (χ1v) is 6.04. The third-order valence-electron chi connectivity index (χ3n) is 2.65. The Morgan fingerprint density at radius 1 is 1.44 bits per heavy atom. The van der Waals surface area contributed by atoms with E-state index in [1.807, 2.05) is 11.9 Å². The third kappa shape index (κ3) is 2.86. The van der Waals surface area contributed by atoms with Crippen LogP contribution in [0.15, 0.2) is 4.42 Å². The highest BCUT2D eigenvalue weighted by atomic mass is 35.5. The minimum Gasteiger partial charge on any atom is -0.407 e. The highest BCUT2D eigenvalue weighted by Crippen LogP contribution is 2.17. The zero-order valence-corrected chi connectivity index (χ0v) is 10.1. The van der Waals surface area contributed by atoms with Crippen LogP contribution in [0.25, 0.3) is 0 Å². The molecule has 0 aliphatic carbocycles. The van der Waals surface area contributed by atoms with Crippen molar-refractivity contribution >= 4 is 17.6 Å². The fourth-order valence-corrected chi connectivity index (χ4v) is 1.90. The molecule has 0 aromatic carbocycles. The maximum Gasteiger partial charge on any atom is 0.318 e. The van der Waals surface area contributed by atoms with Gasteiger partial charge in [0.2, 0.25) is 5.89 Å². The molecular weight excluding hydrogens is 230 g/mol. The zero-order valence-electron chi connectivity index (χ0n) is 9.36. The van der Waals surface area contributed by atoms with Crippen molar-refractivity contribution < 1.29 is 9.15 Å². The van der Waals surface area contributed by atoms with Crippen LogP contribution in [-0.2, 0) is 10.6 Å².